The van der Waals surface area contributed by atoms with Crippen LogP contribution in [-0.4, -0.2) is 12.4 Å². The highest BCUT2D eigenvalue weighted by molar-refractivity contribution is 7.80. The Balaban J connectivity index is 2.50. The smallest absolute Gasteiger partial charge is 0.119 e. The molecule has 0 radical (unpaired) electrons. The van der Waals surface area contributed by atoms with E-state index in [-0.39, 0.29) is 0 Å². The Hall–Kier alpha value is -1.40. The Morgan fingerprint density at radius 3 is 2.60 bits per heavy atom. The van der Waals surface area contributed by atoms with Crippen molar-refractivity contribution in [3.05, 3.63) is 42.0 Å². The van der Waals surface area contributed by atoms with E-state index < -0.39 is 0 Å². The summed E-state index contributed by atoms with van der Waals surface area (Å²) in [5.74, 6) is 1.42. The van der Waals surface area contributed by atoms with Gasteiger partial charge in [-0.15, -0.1) is 0 Å². The number of ether oxygens (including phenoxy) is 1. The zero-order valence-electron chi connectivity index (χ0n) is 8.44. The number of rotatable bonds is 5. The summed E-state index contributed by atoms with van der Waals surface area (Å²) in [7, 11) is 0. The molecule has 0 fully saturated rings. The molecule has 0 heterocycles. The maximum atomic E-state index is 8.50. The molecular formula is C12H13NOS. The molecule has 0 saturated heterocycles. The molecule has 15 heavy (non-hydrogen) atoms. The van der Waals surface area contributed by atoms with Crippen LogP contribution in [0, 0.1) is 11.3 Å². The predicted octanol–water partition coefficient (Wildman–Crippen LogP) is 2.62. The van der Waals surface area contributed by atoms with Gasteiger partial charge in [0.2, 0.25) is 0 Å². The van der Waals surface area contributed by atoms with E-state index in [1.54, 1.807) is 0 Å². The number of nitriles is 1. The van der Waals surface area contributed by atoms with Gasteiger partial charge in [0.25, 0.3) is 0 Å². The fraction of sp³-hybridized carbons (Fsp3) is 0.250. The van der Waals surface area contributed by atoms with Crippen molar-refractivity contribution in [2.45, 2.75) is 6.42 Å². The van der Waals surface area contributed by atoms with Crippen LogP contribution in [0.5, 0.6) is 5.75 Å². The standard InChI is InChI=1S/C12H13NOS/c1-10(9-15)8-14-12-4-2-11(3-5-12)6-7-13/h2-5,15H,1,6,8-9H2. The van der Waals surface area contributed by atoms with Gasteiger partial charge in [-0.3, -0.25) is 0 Å². The second kappa shape index (κ2) is 6.15. The van der Waals surface area contributed by atoms with E-state index in [1.807, 2.05) is 24.3 Å². The summed E-state index contributed by atoms with van der Waals surface area (Å²) in [6, 6.07) is 9.60. The molecule has 0 saturated carbocycles. The zero-order valence-corrected chi connectivity index (χ0v) is 9.33. The third-order valence-corrected chi connectivity index (χ3v) is 2.32. The normalized spacial score (nSPS) is 9.33. The van der Waals surface area contributed by atoms with E-state index in [0.717, 1.165) is 16.9 Å². The van der Waals surface area contributed by atoms with Crippen molar-refractivity contribution in [2.24, 2.45) is 0 Å². The van der Waals surface area contributed by atoms with E-state index in [9.17, 15) is 0 Å². The molecule has 1 aromatic rings. The first-order valence-corrected chi connectivity index (χ1v) is 5.25. The first-order chi connectivity index (χ1) is 7.26. The van der Waals surface area contributed by atoms with Crippen LogP contribution in [0.25, 0.3) is 0 Å². The van der Waals surface area contributed by atoms with Gasteiger partial charge in [0, 0.05) is 5.75 Å². The van der Waals surface area contributed by atoms with Crippen LogP contribution in [0.2, 0.25) is 0 Å². The third-order valence-electron chi connectivity index (χ3n) is 1.87. The van der Waals surface area contributed by atoms with Crippen LogP contribution in [0.1, 0.15) is 5.56 Å². The maximum Gasteiger partial charge on any atom is 0.119 e. The molecule has 1 aromatic carbocycles. The first kappa shape index (κ1) is 11.7. The van der Waals surface area contributed by atoms with Crippen molar-refractivity contribution in [1.82, 2.24) is 0 Å². The lowest BCUT2D eigenvalue weighted by Crippen LogP contribution is -2.01. The Morgan fingerprint density at radius 2 is 2.07 bits per heavy atom. The lowest BCUT2D eigenvalue weighted by molar-refractivity contribution is 0.353. The molecule has 0 aliphatic rings. The van der Waals surface area contributed by atoms with Crippen LogP contribution in [0.3, 0.4) is 0 Å². The highest BCUT2D eigenvalue weighted by atomic mass is 32.1. The molecule has 0 atom stereocenters. The second-order valence-electron chi connectivity index (χ2n) is 3.18. The molecule has 0 aromatic heterocycles. The Morgan fingerprint density at radius 1 is 1.40 bits per heavy atom. The minimum atomic E-state index is 0.434. The molecule has 2 nitrogen and oxygen atoms in total. The second-order valence-corrected chi connectivity index (χ2v) is 3.49. The molecule has 0 unspecified atom stereocenters. The molecule has 3 heteroatoms. The summed E-state index contributed by atoms with van der Waals surface area (Å²) in [5.41, 5.74) is 1.94. The zero-order chi connectivity index (χ0) is 11.1. The largest absolute Gasteiger partial charge is 0.489 e. The minimum Gasteiger partial charge on any atom is -0.489 e. The van der Waals surface area contributed by atoms with Gasteiger partial charge in [0.15, 0.2) is 0 Å². The molecule has 0 aliphatic heterocycles. The summed E-state index contributed by atoms with van der Waals surface area (Å²) >= 11 is 4.09. The Kier molecular flexibility index (Phi) is 4.79. The van der Waals surface area contributed by atoms with Crippen molar-refractivity contribution in [3.63, 3.8) is 0 Å². The van der Waals surface area contributed by atoms with Gasteiger partial charge in [-0.25, -0.2) is 0 Å². The number of hydrogen-bond acceptors (Lipinski definition) is 3. The van der Waals surface area contributed by atoms with Crippen LogP contribution in [0.4, 0.5) is 0 Å². The van der Waals surface area contributed by atoms with Crippen LogP contribution < -0.4 is 4.74 Å². The average Bonchev–Trinajstić information content (AvgIpc) is 2.28. The number of hydrogen-bond donors (Lipinski definition) is 1. The molecule has 1 rings (SSSR count). The minimum absolute atomic E-state index is 0.434. The Labute approximate surface area is 95.6 Å². The lowest BCUT2D eigenvalue weighted by atomic mass is 10.2. The molecule has 0 spiro atoms. The lowest BCUT2D eigenvalue weighted by Gasteiger charge is -2.06. The van der Waals surface area contributed by atoms with Gasteiger partial charge >= 0.3 is 0 Å². The van der Waals surface area contributed by atoms with E-state index in [1.165, 1.54) is 0 Å². The van der Waals surface area contributed by atoms with Gasteiger partial charge in [-0.2, -0.15) is 17.9 Å². The number of nitrogens with zero attached hydrogens (tertiary/aromatic N) is 1. The fourth-order valence-corrected chi connectivity index (χ4v) is 1.12. The maximum absolute atomic E-state index is 8.50. The first-order valence-electron chi connectivity index (χ1n) is 4.62. The molecular weight excluding hydrogens is 206 g/mol. The highest BCUT2D eigenvalue weighted by Gasteiger charge is 1.96. The topological polar surface area (TPSA) is 33.0 Å². The summed E-state index contributed by atoms with van der Waals surface area (Å²) in [6.45, 7) is 4.28. The van der Waals surface area contributed by atoms with E-state index >= 15 is 0 Å². The highest BCUT2D eigenvalue weighted by Crippen LogP contribution is 2.13. The summed E-state index contributed by atoms with van der Waals surface area (Å²) in [4.78, 5) is 0. The van der Waals surface area contributed by atoms with Crippen molar-refractivity contribution < 1.29 is 4.74 Å². The van der Waals surface area contributed by atoms with E-state index in [4.69, 9.17) is 10.00 Å². The molecule has 0 bridgehead atoms. The molecule has 0 N–H and O–H groups in total. The van der Waals surface area contributed by atoms with Crippen molar-refractivity contribution in [2.75, 3.05) is 12.4 Å². The van der Waals surface area contributed by atoms with Gasteiger partial charge < -0.3 is 4.74 Å². The van der Waals surface area contributed by atoms with Gasteiger partial charge in [-0.05, 0) is 23.3 Å². The van der Waals surface area contributed by atoms with Crippen molar-refractivity contribution in [1.29, 1.82) is 5.26 Å². The molecule has 0 amide bonds. The number of thiol groups is 1. The molecule has 78 valence electrons. The average molecular weight is 219 g/mol. The van der Waals surface area contributed by atoms with Gasteiger partial charge in [0.1, 0.15) is 12.4 Å². The van der Waals surface area contributed by atoms with Crippen LogP contribution >= 0.6 is 12.6 Å². The Bertz CT molecular complexity index is 364. The van der Waals surface area contributed by atoms with Gasteiger partial charge in [-0.1, -0.05) is 18.7 Å². The van der Waals surface area contributed by atoms with E-state index in [2.05, 4.69) is 25.3 Å². The van der Waals surface area contributed by atoms with Gasteiger partial charge in [0.05, 0.1) is 12.5 Å². The monoisotopic (exact) mass is 219 g/mol. The van der Waals surface area contributed by atoms with Crippen molar-refractivity contribution >= 4 is 12.6 Å². The summed E-state index contributed by atoms with van der Waals surface area (Å²) < 4.78 is 5.46. The van der Waals surface area contributed by atoms with Crippen molar-refractivity contribution in [3.8, 4) is 11.8 Å². The summed E-state index contributed by atoms with van der Waals surface area (Å²) in [5, 5.41) is 8.50. The third kappa shape index (κ3) is 4.09. The predicted molar refractivity (Wildman–Crippen MR) is 64.2 cm³/mol. The molecule has 0 aliphatic carbocycles. The van der Waals surface area contributed by atoms with Crippen LogP contribution in [-0.2, 0) is 6.42 Å². The summed E-state index contributed by atoms with van der Waals surface area (Å²) in [6.07, 6.45) is 0.434. The SMILES string of the molecule is C=C(CS)COc1ccc(CC#N)cc1. The fourth-order valence-electron chi connectivity index (χ4n) is 1.03. The quantitative estimate of drug-likeness (QED) is 0.610. The number of benzene rings is 1. The van der Waals surface area contributed by atoms with Crippen LogP contribution in [0.15, 0.2) is 36.4 Å². The van der Waals surface area contributed by atoms with E-state index in [0.29, 0.717) is 18.8 Å².